The molecule has 5 nitrogen and oxygen atoms in total. The largest absolute Gasteiger partial charge is 0.355 e. The van der Waals surface area contributed by atoms with Crippen molar-refractivity contribution in [1.82, 2.24) is 15.5 Å². The Morgan fingerprint density at radius 3 is 2.95 bits per heavy atom. The van der Waals surface area contributed by atoms with Crippen molar-refractivity contribution in [2.75, 3.05) is 26.2 Å². The molecule has 1 aromatic heterocycles. The Kier molecular flexibility index (Phi) is 5.14. The molecule has 0 fully saturated rings. The van der Waals surface area contributed by atoms with Crippen molar-refractivity contribution in [2.45, 2.75) is 26.3 Å². The van der Waals surface area contributed by atoms with E-state index in [0.29, 0.717) is 13.1 Å². The molecule has 1 aliphatic heterocycles. The normalized spacial score (nSPS) is 18.4. The van der Waals surface area contributed by atoms with Crippen LogP contribution in [0.15, 0.2) is 11.4 Å². The molecule has 2 heterocycles. The second kappa shape index (κ2) is 6.85. The third-order valence-electron chi connectivity index (χ3n) is 3.57. The summed E-state index contributed by atoms with van der Waals surface area (Å²) in [6.07, 6.45) is 1.00. The van der Waals surface area contributed by atoms with Gasteiger partial charge in [0.25, 0.3) is 0 Å². The van der Waals surface area contributed by atoms with Gasteiger partial charge < -0.3 is 10.6 Å². The number of carbonyl (C=O) groups excluding carboxylic acids is 2. The second-order valence-electron chi connectivity index (χ2n) is 4.93. The van der Waals surface area contributed by atoms with Gasteiger partial charge in [0.2, 0.25) is 11.8 Å². The quantitative estimate of drug-likeness (QED) is 0.849. The molecule has 110 valence electrons. The minimum atomic E-state index is -0.146. The van der Waals surface area contributed by atoms with Crippen molar-refractivity contribution in [3.8, 4) is 0 Å². The molecule has 2 amide bonds. The summed E-state index contributed by atoms with van der Waals surface area (Å²) in [7, 11) is 0. The molecule has 0 spiro atoms. The van der Waals surface area contributed by atoms with E-state index in [1.54, 1.807) is 11.3 Å². The molecule has 20 heavy (non-hydrogen) atoms. The van der Waals surface area contributed by atoms with Crippen LogP contribution in [0.25, 0.3) is 0 Å². The smallest absolute Gasteiger partial charge is 0.239 e. The van der Waals surface area contributed by atoms with Crippen molar-refractivity contribution < 1.29 is 9.59 Å². The Morgan fingerprint density at radius 1 is 1.40 bits per heavy atom. The molecule has 0 saturated carbocycles. The highest BCUT2D eigenvalue weighted by Crippen LogP contribution is 2.32. The summed E-state index contributed by atoms with van der Waals surface area (Å²) >= 11 is 1.79. The van der Waals surface area contributed by atoms with E-state index in [4.69, 9.17) is 0 Å². The molecule has 0 unspecified atom stereocenters. The van der Waals surface area contributed by atoms with Gasteiger partial charge in [-0.3, -0.25) is 14.5 Å². The molecule has 6 heteroatoms. The first-order valence-corrected chi connectivity index (χ1v) is 7.83. The lowest BCUT2D eigenvalue weighted by Crippen LogP contribution is -2.44. The summed E-state index contributed by atoms with van der Waals surface area (Å²) in [5, 5.41) is 7.43. The summed E-state index contributed by atoms with van der Waals surface area (Å²) in [5.74, 6) is -0.241. The topological polar surface area (TPSA) is 61.4 Å². The van der Waals surface area contributed by atoms with Crippen LogP contribution in [-0.4, -0.2) is 42.9 Å². The second-order valence-corrected chi connectivity index (χ2v) is 5.93. The van der Waals surface area contributed by atoms with Crippen molar-refractivity contribution >= 4 is 23.2 Å². The van der Waals surface area contributed by atoms with Crippen LogP contribution < -0.4 is 10.6 Å². The number of carbonyl (C=O) groups is 2. The molecule has 1 aliphatic rings. The van der Waals surface area contributed by atoms with E-state index in [9.17, 15) is 9.59 Å². The monoisotopic (exact) mass is 295 g/mol. The third kappa shape index (κ3) is 3.58. The summed E-state index contributed by atoms with van der Waals surface area (Å²) in [6, 6.07) is 2.41. The Hall–Kier alpha value is -1.40. The van der Waals surface area contributed by atoms with Crippen LogP contribution in [0.4, 0.5) is 0 Å². The summed E-state index contributed by atoms with van der Waals surface area (Å²) in [4.78, 5) is 26.8. The number of amides is 2. The minimum absolute atomic E-state index is 0.0542. The standard InChI is InChI=1S/C14H21N3O2S/c1-3-15-13(18)8-16-14(19)9-17-6-4-12-11(10(17)2)5-7-20-12/h5,7,10H,3-4,6,8-9H2,1-2H3,(H,15,18)(H,16,19)/t10-/m1/s1. The molecule has 1 aromatic rings. The van der Waals surface area contributed by atoms with Gasteiger partial charge in [0.1, 0.15) is 0 Å². The first-order valence-electron chi connectivity index (χ1n) is 6.95. The van der Waals surface area contributed by atoms with Crippen molar-refractivity contribution in [2.24, 2.45) is 0 Å². The minimum Gasteiger partial charge on any atom is -0.355 e. The van der Waals surface area contributed by atoms with Crippen molar-refractivity contribution in [3.63, 3.8) is 0 Å². The Balaban J connectivity index is 1.82. The van der Waals surface area contributed by atoms with Crippen LogP contribution >= 0.6 is 11.3 Å². The molecule has 0 radical (unpaired) electrons. The number of nitrogens with zero attached hydrogens (tertiary/aromatic N) is 1. The van der Waals surface area contributed by atoms with Gasteiger partial charge in [-0.15, -0.1) is 11.3 Å². The molecule has 1 atom stereocenters. The first kappa shape index (κ1) is 15.0. The van der Waals surface area contributed by atoms with Crippen LogP contribution in [0.3, 0.4) is 0 Å². The van der Waals surface area contributed by atoms with E-state index >= 15 is 0 Å². The maximum Gasteiger partial charge on any atom is 0.239 e. The molecule has 2 N–H and O–H groups in total. The SMILES string of the molecule is CCNC(=O)CNC(=O)CN1CCc2sccc2[C@H]1C. The number of likely N-dealkylation sites (N-methyl/N-ethyl adjacent to an activating group) is 1. The van der Waals surface area contributed by atoms with Gasteiger partial charge in [-0.25, -0.2) is 0 Å². The lowest BCUT2D eigenvalue weighted by Gasteiger charge is -2.32. The van der Waals surface area contributed by atoms with Crippen LogP contribution in [0.1, 0.15) is 30.3 Å². The average molecular weight is 295 g/mol. The Labute approximate surface area is 123 Å². The van der Waals surface area contributed by atoms with Crippen LogP contribution in [0.2, 0.25) is 0 Å². The van der Waals surface area contributed by atoms with Gasteiger partial charge in [0.05, 0.1) is 13.1 Å². The number of thiophene rings is 1. The maximum absolute atomic E-state index is 11.9. The van der Waals surface area contributed by atoms with E-state index in [0.717, 1.165) is 13.0 Å². The van der Waals surface area contributed by atoms with E-state index in [1.807, 2.05) is 6.92 Å². The molecular weight excluding hydrogens is 274 g/mol. The lowest BCUT2D eigenvalue weighted by molar-refractivity contribution is -0.127. The highest BCUT2D eigenvalue weighted by Gasteiger charge is 2.26. The summed E-state index contributed by atoms with van der Waals surface area (Å²) < 4.78 is 0. The zero-order valence-electron chi connectivity index (χ0n) is 11.9. The van der Waals surface area contributed by atoms with Crippen molar-refractivity contribution in [1.29, 1.82) is 0 Å². The molecule has 0 aromatic carbocycles. The van der Waals surface area contributed by atoms with E-state index < -0.39 is 0 Å². The predicted molar refractivity (Wildman–Crippen MR) is 79.7 cm³/mol. The van der Waals surface area contributed by atoms with Crippen LogP contribution in [-0.2, 0) is 16.0 Å². The van der Waals surface area contributed by atoms with Crippen LogP contribution in [0.5, 0.6) is 0 Å². The number of hydrogen-bond donors (Lipinski definition) is 2. The van der Waals surface area contributed by atoms with Gasteiger partial charge in [-0.2, -0.15) is 0 Å². The molecule has 2 rings (SSSR count). The molecule has 0 bridgehead atoms. The number of rotatable bonds is 5. The highest BCUT2D eigenvalue weighted by atomic mass is 32.1. The predicted octanol–water partition coefficient (Wildman–Crippen LogP) is 0.919. The fourth-order valence-electron chi connectivity index (χ4n) is 2.46. The fourth-order valence-corrected chi connectivity index (χ4v) is 3.42. The molecule has 0 saturated heterocycles. The summed E-state index contributed by atoms with van der Waals surface area (Å²) in [5.41, 5.74) is 1.33. The van der Waals surface area contributed by atoms with Crippen LogP contribution in [0, 0.1) is 0 Å². The van der Waals surface area contributed by atoms with Gasteiger partial charge in [0, 0.05) is 24.0 Å². The zero-order valence-corrected chi connectivity index (χ0v) is 12.8. The van der Waals surface area contributed by atoms with E-state index in [-0.39, 0.29) is 24.4 Å². The number of hydrogen-bond acceptors (Lipinski definition) is 4. The highest BCUT2D eigenvalue weighted by molar-refractivity contribution is 7.10. The summed E-state index contributed by atoms with van der Waals surface area (Å²) in [6.45, 7) is 5.85. The third-order valence-corrected chi connectivity index (χ3v) is 4.57. The Bertz CT molecular complexity index is 487. The van der Waals surface area contributed by atoms with Gasteiger partial charge >= 0.3 is 0 Å². The lowest BCUT2D eigenvalue weighted by atomic mass is 10.0. The van der Waals surface area contributed by atoms with E-state index in [1.165, 1.54) is 10.4 Å². The fraction of sp³-hybridized carbons (Fsp3) is 0.571. The Morgan fingerprint density at radius 2 is 2.20 bits per heavy atom. The number of fused-ring (bicyclic) bond motifs is 1. The molecule has 0 aliphatic carbocycles. The van der Waals surface area contributed by atoms with Gasteiger partial charge in [0.15, 0.2) is 0 Å². The van der Waals surface area contributed by atoms with Crippen molar-refractivity contribution in [3.05, 3.63) is 21.9 Å². The zero-order chi connectivity index (χ0) is 14.5. The average Bonchev–Trinajstić information content (AvgIpc) is 2.89. The maximum atomic E-state index is 11.9. The van der Waals surface area contributed by atoms with Gasteiger partial charge in [-0.1, -0.05) is 0 Å². The molecular formula is C14H21N3O2S. The van der Waals surface area contributed by atoms with E-state index in [2.05, 4.69) is 33.9 Å². The van der Waals surface area contributed by atoms with Gasteiger partial charge in [-0.05, 0) is 37.3 Å². The number of nitrogens with one attached hydrogen (secondary N) is 2. The first-order chi connectivity index (χ1) is 9.61.